The number of fused-ring (bicyclic) bond motifs is 1. The van der Waals surface area contributed by atoms with Gasteiger partial charge in [0.2, 0.25) is 0 Å². The van der Waals surface area contributed by atoms with Gasteiger partial charge >= 0.3 is 12.3 Å². The first kappa shape index (κ1) is 30.9. The number of carbonyl (C=O) groups is 1. The summed E-state index contributed by atoms with van der Waals surface area (Å²) in [6.07, 6.45) is -7.79. The molecule has 0 saturated carbocycles. The third kappa shape index (κ3) is 8.34. The Morgan fingerprint density at radius 2 is 1.78 bits per heavy atom. The third-order valence-corrected chi connectivity index (χ3v) is 6.61. The van der Waals surface area contributed by atoms with Gasteiger partial charge in [0, 0.05) is 19.8 Å². The molecule has 208 valence electrons. The summed E-state index contributed by atoms with van der Waals surface area (Å²) in [5, 5.41) is 10.4. The van der Waals surface area contributed by atoms with E-state index in [0.29, 0.717) is 12.8 Å². The number of ether oxygens (including phenoxy) is 4. The minimum Gasteiger partial charge on any atom is -0.443 e. The lowest BCUT2D eigenvalue weighted by Gasteiger charge is -2.44. The Morgan fingerprint density at radius 1 is 1.19 bits per heavy atom. The number of unbranched alkanes of at least 4 members (excludes halogenated alkanes) is 2. The number of rotatable bonds is 11. The maximum absolute atomic E-state index is 13.6. The van der Waals surface area contributed by atoms with Crippen molar-refractivity contribution in [3.8, 4) is 0 Å². The van der Waals surface area contributed by atoms with Crippen LogP contribution in [0.5, 0.6) is 0 Å². The van der Waals surface area contributed by atoms with Gasteiger partial charge in [0.15, 0.2) is 11.3 Å². The molecule has 8 nitrogen and oxygen atoms in total. The van der Waals surface area contributed by atoms with Crippen LogP contribution < -0.4 is 0 Å². The fraction of sp³-hybridized carbons (Fsp3) is 0.833. The molecule has 1 unspecified atom stereocenters. The van der Waals surface area contributed by atoms with Gasteiger partial charge in [0.1, 0.15) is 35.4 Å². The number of hydrogen-bond acceptors (Lipinski definition) is 8. The molecule has 6 atom stereocenters. The second-order valence-electron chi connectivity index (χ2n) is 9.73. The molecule has 1 fully saturated rings. The van der Waals surface area contributed by atoms with E-state index in [0.717, 1.165) is 24.6 Å². The van der Waals surface area contributed by atoms with Crippen LogP contribution in [0.2, 0.25) is 0 Å². The first-order valence-corrected chi connectivity index (χ1v) is 13.2. The molecule has 1 amide bonds. The molecule has 0 aromatic heterocycles. The average Bonchev–Trinajstić information content (AvgIpc) is 3.19. The summed E-state index contributed by atoms with van der Waals surface area (Å²) < 4.78 is 64.0. The molecule has 36 heavy (non-hydrogen) atoms. The summed E-state index contributed by atoms with van der Waals surface area (Å²) in [4.78, 5) is 18.8. The van der Waals surface area contributed by atoms with Crippen LogP contribution in [0.25, 0.3) is 0 Å². The molecule has 2 aliphatic heterocycles. The van der Waals surface area contributed by atoms with Crippen molar-refractivity contribution in [3.05, 3.63) is 12.7 Å². The second-order valence-corrected chi connectivity index (χ2v) is 10.8. The maximum Gasteiger partial charge on any atom is 0.417 e. The summed E-state index contributed by atoms with van der Waals surface area (Å²) in [6.45, 7) is 13.3. The lowest BCUT2D eigenvalue weighted by molar-refractivity contribution is -0.281. The van der Waals surface area contributed by atoms with Gasteiger partial charge in [-0.2, -0.15) is 13.2 Å². The number of amidine groups is 1. The number of aliphatic hydroxyl groups is 1. The Kier molecular flexibility index (Phi) is 11.5. The van der Waals surface area contributed by atoms with Gasteiger partial charge < -0.3 is 24.1 Å². The van der Waals surface area contributed by atoms with Crippen molar-refractivity contribution in [3.63, 3.8) is 0 Å². The number of thioether (sulfide) groups is 1. The van der Waals surface area contributed by atoms with E-state index in [-0.39, 0.29) is 24.9 Å². The molecule has 2 aliphatic rings. The van der Waals surface area contributed by atoms with E-state index in [1.807, 2.05) is 13.8 Å². The number of alkyl halides is 3. The zero-order chi connectivity index (χ0) is 27.1. The van der Waals surface area contributed by atoms with Gasteiger partial charge in [0.05, 0.1) is 0 Å². The van der Waals surface area contributed by atoms with Crippen LogP contribution in [0, 0.1) is 0 Å². The van der Waals surface area contributed by atoms with Crippen LogP contribution in [0.1, 0.15) is 60.3 Å². The van der Waals surface area contributed by atoms with E-state index in [1.54, 1.807) is 20.8 Å². The van der Waals surface area contributed by atoms with Gasteiger partial charge in [-0.3, -0.25) is 9.89 Å². The average molecular weight is 541 g/mol. The van der Waals surface area contributed by atoms with E-state index in [9.17, 15) is 23.1 Å². The normalized spacial score (nSPS) is 27.2. The molecular weight excluding hydrogens is 501 g/mol. The Labute approximate surface area is 215 Å². The highest BCUT2D eigenvalue weighted by molar-refractivity contribution is 8.14. The fourth-order valence-corrected chi connectivity index (χ4v) is 4.91. The van der Waals surface area contributed by atoms with Gasteiger partial charge in [-0.1, -0.05) is 44.5 Å². The maximum atomic E-state index is 13.6. The number of halogens is 3. The van der Waals surface area contributed by atoms with E-state index in [4.69, 9.17) is 18.9 Å². The Hall–Kier alpha value is -1.34. The highest BCUT2D eigenvalue weighted by atomic mass is 32.2. The Balaban J connectivity index is 2.42. The second kappa shape index (κ2) is 13.5. The molecule has 0 radical (unpaired) electrons. The van der Waals surface area contributed by atoms with Crippen LogP contribution in [0.15, 0.2) is 17.6 Å². The molecule has 0 aliphatic carbocycles. The molecular formula is C24H39F3N2O6S. The third-order valence-electron chi connectivity index (χ3n) is 5.45. The van der Waals surface area contributed by atoms with Gasteiger partial charge in [-0.05, 0) is 33.6 Å². The van der Waals surface area contributed by atoms with Crippen molar-refractivity contribution < 1.29 is 42.0 Å². The largest absolute Gasteiger partial charge is 0.443 e. The zero-order valence-electron chi connectivity index (χ0n) is 21.6. The van der Waals surface area contributed by atoms with Crippen molar-refractivity contribution >= 4 is 23.0 Å². The highest BCUT2D eigenvalue weighted by Crippen LogP contribution is 2.42. The molecule has 0 aromatic rings. The number of hydrogen-bond donors (Lipinski definition) is 1. The van der Waals surface area contributed by atoms with E-state index in [1.165, 1.54) is 11.0 Å². The van der Waals surface area contributed by atoms with Gasteiger partial charge in [-0.15, -0.1) is 6.58 Å². The summed E-state index contributed by atoms with van der Waals surface area (Å²) in [7, 11) is 0. The van der Waals surface area contributed by atoms with E-state index >= 15 is 0 Å². The summed E-state index contributed by atoms with van der Waals surface area (Å²) in [5.74, 6) is 0. The summed E-state index contributed by atoms with van der Waals surface area (Å²) >= 11 is 0.993. The summed E-state index contributed by atoms with van der Waals surface area (Å²) in [5.41, 5.74) is -1.69. The van der Waals surface area contributed by atoms with Crippen molar-refractivity contribution in [2.45, 2.75) is 108 Å². The number of nitrogens with zero attached hydrogens (tertiary/aromatic N) is 2. The minimum absolute atomic E-state index is 0.0760. The molecule has 1 N–H and O–H groups in total. The van der Waals surface area contributed by atoms with Gasteiger partial charge in [-0.25, -0.2) is 4.79 Å². The summed E-state index contributed by atoms with van der Waals surface area (Å²) in [6, 6.07) is -0.750. The molecule has 0 aromatic carbocycles. The minimum atomic E-state index is -4.92. The quantitative estimate of drug-likeness (QED) is 0.295. The van der Waals surface area contributed by atoms with Gasteiger partial charge in [0.25, 0.3) is 0 Å². The van der Waals surface area contributed by atoms with E-state index < -0.39 is 53.8 Å². The lowest BCUT2D eigenvalue weighted by Crippen LogP contribution is -2.62. The Morgan fingerprint density at radius 3 is 2.28 bits per heavy atom. The number of amides is 1. The molecule has 1 saturated heterocycles. The van der Waals surface area contributed by atoms with Crippen molar-refractivity contribution in [1.82, 2.24) is 4.90 Å². The van der Waals surface area contributed by atoms with Crippen LogP contribution in [-0.2, 0) is 18.9 Å². The highest BCUT2D eigenvalue weighted by Gasteiger charge is 2.58. The molecule has 12 heteroatoms. The molecule has 2 heterocycles. The van der Waals surface area contributed by atoms with Crippen molar-refractivity contribution in [1.29, 1.82) is 0 Å². The van der Waals surface area contributed by atoms with Crippen molar-refractivity contribution in [2.24, 2.45) is 4.99 Å². The van der Waals surface area contributed by atoms with Crippen LogP contribution in [-0.4, -0.2) is 88.7 Å². The smallest absolute Gasteiger partial charge is 0.417 e. The fourth-order valence-electron chi connectivity index (χ4n) is 3.70. The van der Waals surface area contributed by atoms with Crippen LogP contribution in [0.3, 0.4) is 0 Å². The standard InChI is InChI=1S/C24H39F3N2O6S/c1-7-10-13-32-16-15-20(34-18(19(30)24(25,26)27)17(16)33-14-11-8-2)36-21(28-15)29(12-9-3)22(31)35-23(4,5)6/h9,15-20,30H,3,7-8,10-14H2,1-2,4-6H3/t15-,16-,17+,18+,19?,20-/m1/s1. The van der Waals surface area contributed by atoms with Crippen LogP contribution >= 0.6 is 11.8 Å². The first-order chi connectivity index (χ1) is 16.8. The first-order valence-electron chi connectivity index (χ1n) is 12.3. The number of aliphatic imine (C=N–C) groups is 1. The number of aliphatic hydroxyl groups excluding tert-OH is 1. The Bertz CT molecular complexity index is 761. The number of carbonyl (C=O) groups excluding carboxylic acids is 1. The van der Waals surface area contributed by atoms with E-state index in [2.05, 4.69) is 11.6 Å². The molecule has 2 rings (SSSR count). The predicted octanol–water partition coefficient (Wildman–Crippen LogP) is 4.90. The monoisotopic (exact) mass is 540 g/mol. The van der Waals surface area contributed by atoms with Crippen LogP contribution in [0.4, 0.5) is 18.0 Å². The predicted molar refractivity (Wildman–Crippen MR) is 132 cm³/mol. The topological polar surface area (TPSA) is 89.8 Å². The van der Waals surface area contributed by atoms with Crippen molar-refractivity contribution in [2.75, 3.05) is 19.8 Å². The molecule has 0 spiro atoms. The lowest BCUT2D eigenvalue weighted by atomic mass is 9.94. The molecule has 0 bridgehead atoms. The zero-order valence-corrected chi connectivity index (χ0v) is 22.4. The SMILES string of the molecule is C=CCN(C(=O)OC(C)(C)C)C1=N[C@@H]2[C@@H](OCCCC)[C@H](OCCCC)[C@@H](C(O)C(F)(F)F)O[C@@H]2S1.